The summed E-state index contributed by atoms with van der Waals surface area (Å²) in [4.78, 5) is 1.41. The summed E-state index contributed by atoms with van der Waals surface area (Å²) < 4.78 is 28.9. The van der Waals surface area contributed by atoms with Crippen LogP contribution in [0.3, 0.4) is 0 Å². The van der Waals surface area contributed by atoms with Gasteiger partial charge in [0.15, 0.2) is 5.76 Å². The fourth-order valence-electron chi connectivity index (χ4n) is 1.12. The highest BCUT2D eigenvalue weighted by Crippen LogP contribution is 2.05. The zero-order chi connectivity index (χ0) is 10.4. The molecule has 0 aliphatic heterocycles. The van der Waals surface area contributed by atoms with Crippen molar-refractivity contribution < 1.29 is 18.4 Å². The third-order valence-corrected chi connectivity index (χ3v) is 1.68. The van der Waals surface area contributed by atoms with E-state index in [9.17, 15) is 8.78 Å². The normalized spacial score (nSPS) is 11.5. The summed E-state index contributed by atoms with van der Waals surface area (Å²) in [6.45, 7) is -0.0853. The Morgan fingerprint density at radius 3 is 2.86 bits per heavy atom. The van der Waals surface area contributed by atoms with Crippen LogP contribution in [0.5, 0.6) is 0 Å². The van der Waals surface area contributed by atoms with Crippen LogP contribution in [-0.4, -0.2) is 41.3 Å². The lowest BCUT2D eigenvalue weighted by Crippen LogP contribution is -2.31. The molecule has 0 spiro atoms. The fourth-order valence-corrected chi connectivity index (χ4v) is 1.12. The van der Waals surface area contributed by atoms with Gasteiger partial charge in [-0.1, -0.05) is 5.16 Å². The third-order valence-electron chi connectivity index (χ3n) is 1.68. The first-order valence-corrected chi connectivity index (χ1v) is 4.23. The standard InChI is InChI=1S/C8H12F2N2O2/c9-8(10)6-12(3-4-13)5-7-1-2-11-14-7/h1-2,8,13H,3-6H2. The monoisotopic (exact) mass is 206 g/mol. The second-order valence-electron chi connectivity index (χ2n) is 2.83. The van der Waals surface area contributed by atoms with Crippen LogP contribution in [0.1, 0.15) is 5.76 Å². The van der Waals surface area contributed by atoms with Gasteiger partial charge in [0.05, 0.1) is 25.9 Å². The molecule has 0 amide bonds. The molecule has 0 aromatic carbocycles. The molecule has 0 aliphatic carbocycles. The Morgan fingerprint density at radius 1 is 1.57 bits per heavy atom. The molecule has 0 saturated heterocycles. The van der Waals surface area contributed by atoms with Gasteiger partial charge in [-0.2, -0.15) is 0 Å². The number of hydrogen-bond donors (Lipinski definition) is 1. The molecule has 0 fully saturated rings. The second kappa shape index (κ2) is 5.66. The molecule has 14 heavy (non-hydrogen) atoms. The van der Waals surface area contributed by atoms with E-state index in [2.05, 4.69) is 5.16 Å². The Morgan fingerprint density at radius 2 is 2.36 bits per heavy atom. The Balaban J connectivity index is 2.42. The summed E-state index contributed by atoms with van der Waals surface area (Å²) >= 11 is 0. The van der Waals surface area contributed by atoms with Gasteiger partial charge in [-0.15, -0.1) is 0 Å². The minimum atomic E-state index is -2.41. The van der Waals surface area contributed by atoms with E-state index in [1.54, 1.807) is 6.07 Å². The van der Waals surface area contributed by atoms with Gasteiger partial charge in [-0.3, -0.25) is 4.90 Å². The summed E-state index contributed by atoms with van der Waals surface area (Å²) in [6.07, 6.45) is -0.959. The molecule has 1 N–H and O–H groups in total. The Labute approximate surface area is 80.1 Å². The average molecular weight is 206 g/mol. The van der Waals surface area contributed by atoms with E-state index in [1.807, 2.05) is 0 Å². The van der Waals surface area contributed by atoms with E-state index in [4.69, 9.17) is 9.63 Å². The van der Waals surface area contributed by atoms with E-state index in [0.29, 0.717) is 5.76 Å². The lowest BCUT2D eigenvalue weighted by molar-refractivity contribution is 0.0701. The Kier molecular flexibility index (Phi) is 4.48. The van der Waals surface area contributed by atoms with Crippen molar-refractivity contribution in [1.82, 2.24) is 10.1 Å². The zero-order valence-corrected chi connectivity index (χ0v) is 7.57. The SMILES string of the molecule is OCCN(Cc1ccno1)CC(F)F. The summed E-state index contributed by atoms with van der Waals surface area (Å²) in [5.74, 6) is 0.513. The molecule has 4 nitrogen and oxygen atoms in total. The quantitative estimate of drug-likeness (QED) is 0.745. The maximum absolute atomic E-state index is 12.1. The number of alkyl halides is 2. The van der Waals surface area contributed by atoms with Crippen LogP contribution in [0, 0.1) is 0 Å². The van der Waals surface area contributed by atoms with Crippen molar-refractivity contribution in [1.29, 1.82) is 0 Å². The number of rotatable bonds is 6. The molecule has 1 heterocycles. The highest BCUT2D eigenvalue weighted by Gasteiger charge is 2.13. The molecule has 80 valence electrons. The molecule has 1 aromatic rings. The molecule has 6 heteroatoms. The van der Waals surface area contributed by atoms with E-state index in [-0.39, 0.29) is 26.2 Å². The maximum atomic E-state index is 12.1. The summed E-state index contributed by atoms with van der Waals surface area (Å²) in [5, 5.41) is 12.1. The fraction of sp³-hybridized carbons (Fsp3) is 0.625. The lowest BCUT2D eigenvalue weighted by atomic mass is 10.4. The van der Waals surface area contributed by atoms with Gasteiger partial charge >= 0.3 is 0 Å². The van der Waals surface area contributed by atoms with Crippen molar-refractivity contribution in [2.75, 3.05) is 19.7 Å². The minimum Gasteiger partial charge on any atom is -0.395 e. The summed E-state index contributed by atoms with van der Waals surface area (Å²) in [7, 11) is 0. The summed E-state index contributed by atoms with van der Waals surface area (Å²) in [5.41, 5.74) is 0. The van der Waals surface area contributed by atoms with E-state index < -0.39 is 6.43 Å². The third kappa shape index (κ3) is 3.80. The van der Waals surface area contributed by atoms with Crippen LogP contribution in [0.4, 0.5) is 8.78 Å². The van der Waals surface area contributed by atoms with Gasteiger partial charge < -0.3 is 9.63 Å². The number of aromatic nitrogens is 1. The molecule has 0 atom stereocenters. The van der Waals surface area contributed by atoms with Gasteiger partial charge in [0, 0.05) is 12.6 Å². The van der Waals surface area contributed by atoms with Crippen LogP contribution in [0.2, 0.25) is 0 Å². The topological polar surface area (TPSA) is 49.5 Å². The molecule has 0 bridgehead atoms. The second-order valence-corrected chi connectivity index (χ2v) is 2.83. The molecule has 0 radical (unpaired) electrons. The first-order valence-electron chi connectivity index (χ1n) is 4.23. The van der Waals surface area contributed by atoms with Gasteiger partial charge in [0.1, 0.15) is 0 Å². The van der Waals surface area contributed by atoms with Gasteiger partial charge in [-0.25, -0.2) is 8.78 Å². The van der Waals surface area contributed by atoms with Crippen molar-refractivity contribution in [3.63, 3.8) is 0 Å². The Hall–Kier alpha value is -1.01. The molecule has 0 unspecified atom stereocenters. The van der Waals surface area contributed by atoms with Crippen LogP contribution in [0.25, 0.3) is 0 Å². The van der Waals surface area contributed by atoms with E-state index in [0.717, 1.165) is 0 Å². The molecule has 1 aromatic heterocycles. The zero-order valence-electron chi connectivity index (χ0n) is 7.57. The smallest absolute Gasteiger partial charge is 0.251 e. The molecular weight excluding hydrogens is 194 g/mol. The van der Waals surface area contributed by atoms with Gasteiger partial charge in [-0.05, 0) is 0 Å². The van der Waals surface area contributed by atoms with Crippen LogP contribution in [0.15, 0.2) is 16.8 Å². The predicted molar refractivity (Wildman–Crippen MR) is 44.9 cm³/mol. The van der Waals surface area contributed by atoms with Crippen LogP contribution >= 0.6 is 0 Å². The highest BCUT2D eigenvalue weighted by molar-refractivity contribution is 4.92. The van der Waals surface area contributed by atoms with Crippen molar-refractivity contribution in [3.8, 4) is 0 Å². The number of nitrogens with zero attached hydrogens (tertiary/aromatic N) is 2. The largest absolute Gasteiger partial charge is 0.395 e. The maximum Gasteiger partial charge on any atom is 0.251 e. The predicted octanol–water partition coefficient (Wildman–Crippen LogP) is 0.734. The van der Waals surface area contributed by atoms with Crippen LogP contribution in [-0.2, 0) is 6.54 Å². The lowest BCUT2D eigenvalue weighted by Gasteiger charge is -2.18. The first kappa shape index (κ1) is 11.1. The first-order chi connectivity index (χ1) is 6.72. The molecule has 0 aliphatic rings. The highest BCUT2D eigenvalue weighted by atomic mass is 19.3. The molecule has 1 rings (SSSR count). The van der Waals surface area contributed by atoms with Crippen LogP contribution < -0.4 is 0 Å². The number of aliphatic hydroxyl groups excluding tert-OH is 1. The van der Waals surface area contributed by atoms with Crippen molar-refractivity contribution in [2.45, 2.75) is 13.0 Å². The van der Waals surface area contributed by atoms with Gasteiger partial charge in [0.25, 0.3) is 6.43 Å². The summed E-state index contributed by atoms with van der Waals surface area (Å²) in [6, 6.07) is 1.61. The van der Waals surface area contributed by atoms with Crippen molar-refractivity contribution in [2.24, 2.45) is 0 Å². The van der Waals surface area contributed by atoms with Crippen molar-refractivity contribution in [3.05, 3.63) is 18.0 Å². The number of hydrogen-bond acceptors (Lipinski definition) is 4. The van der Waals surface area contributed by atoms with E-state index >= 15 is 0 Å². The minimum absolute atomic E-state index is 0.152. The number of halogens is 2. The van der Waals surface area contributed by atoms with Crippen molar-refractivity contribution >= 4 is 0 Å². The number of aliphatic hydroxyl groups is 1. The Bertz CT molecular complexity index is 241. The molecular formula is C8H12F2N2O2. The van der Waals surface area contributed by atoms with Gasteiger partial charge in [0.2, 0.25) is 0 Å². The molecule has 0 saturated carbocycles. The average Bonchev–Trinajstić information content (AvgIpc) is 2.56. The van der Waals surface area contributed by atoms with E-state index in [1.165, 1.54) is 11.1 Å².